The molecule has 19 heavy (non-hydrogen) atoms. The predicted molar refractivity (Wildman–Crippen MR) is 73.7 cm³/mol. The van der Waals surface area contributed by atoms with Crippen LogP contribution in [0.1, 0.15) is 33.7 Å². The van der Waals surface area contributed by atoms with Crippen LogP contribution in [0.3, 0.4) is 0 Å². The highest BCUT2D eigenvalue weighted by atomic mass is 16.5. The molecular formula is C13H19N5O. The van der Waals surface area contributed by atoms with Gasteiger partial charge in [0, 0.05) is 18.3 Å². The van der Waals surface area contributed by atoms with Gasteiger partial charge in [0.1, 0.15) is 12.1 Å². The summed E-state index contributed by atoms with van der Waals surface area (Å²) in [5, 5.41) is 7.44. The van der Waals surface area contributed by atoms with Gasteiger partial charge >= 0.3 is 0 Å². The molecule has 1 N–H and O–H groups in total. The highest BCUT2D eigenvalue weighted by molar-refractivity contribution is 5.54. The molecule has 2 aromatic rings. The van der Waals surface area contributed by atoms with Crippen molar-refractivity contribution in [3.8, 4) is 5.88 Å². The van der Waals surface area contributed by atoms with Crippen molar-refractivity contribution in [3.05, 3.63) is 24.8 Å². The lowest BCUT2D eigenvalue weighted by molar-refractivity contribution is 0.232. The number of anilines is 2. The maximum absolute atomic E-state index is 5.52. The summed E-state index contributed by atoms with van der Waals surface area (Å²) in [7, 11) is 0. The molecular weight excluding hydrogens is 242 g/mol. The van der Waals surface area contributed by atoms with Crippen molar-refractivity contribution in [3.63, 3.8) is 0 Å². The Labute approximate surface area is 112 Å². The fourth-order valence-corrected chi connectivity index (χ4v) is 1.55. The van der Waals surface area contributed by atoms with Crippen molar-refractivity contribution in [1.29, 1.82) is 0 Å². The first-order valence-electron chi connectivity index (χ1n) is 6.34. The zero-order valence-corrected chi connectivity index (χ0v) is 11.7. The van der Waals surface area contributed by atoms with Crippen LogP contribution >= 0.6 is 0 Å². The molecule has 6 nitrogen and oxygen atoms in total. The van der Waals surface area contributed by atoms with Crippen LogP contribution in [-0.2, 0) is 0 Å². The minimum atomic E-state index is 0.0893. The molecule has 0 saturated heterocycles. The molecule has 0 unspecified atom stereocenters. The lowest BCUT2D eigenvalue weighted by Crippen LogP contribution is -2.07. The predicted octanol–water partition coefficient (Wildman–Crippen LogP) is 2.78. The summed E-state index contributed by atoms with van der Waals surface area (Å²) >= 11 is 0. The van der Waals surface area contributed by atoms with Crippen molar-refractivity contribution in [2.75, 3.05) is 5.32 Å². The van der Waals surface area contributed by atoms with Gasteiger partial charge in [-0.1, -0.05) is 0 Å². The smallest absolute Gasteiger partial charge is 0.218 e. The second-order valence-electron chi connectivity index (χ2n) is 4.84. The largest absolute Gasteiger partial charge is 0.475 e. The summed E-state index contributed by atoms with van der Waals surface area (Å²) in [6, 6.07) is 2.10. The van der Waals surface area contributed by atoms with Gasteiger partial charge < -0.3 is 10.1 Å². The Hall–Kier alpha value is -2.11. The van der Waals surface area contributed by atoms with Crippen molar-refractivity contribution in [2.24, 2.45) is 0 Å². The van der Waals surface area contributed by atoms with Crippen LogP contribution in [0.5, 0.6) is 5.88 Å². The van der Waals surface area contributed by atoms with Crippen LogP contribution in [-0.4, -0.2) is 25.9 Å². The van der Waals surface area contributed by atoms with E-state index in [0.717, 1.165) is 5.69 Å². The van der Waals surface area contributed by atoms with Crippen molar-refractivity contribution < 1.29 is 4.74 Å². The standard InChI is InChI=1S/C13H19N5O/c1-9(2)18-7-11(6-16-18)17-12-5-13(15-8-14-12)19-10(3)4/h5-10H,1-4H3,(H,14,15,17). The molecule has 0 aliphatic carbocycles. The number of ether oxygens (including phenoxy) is 1. The second kappa shape index (κ2) is 5.69. The molecule has 0 spiro atoms. The van der Waals surface area contributed by atoms with Crippen molar-refractivity contribution >= 4 is 11.5 Å². The third-order valence-electron chi connectivity index (χ3n) is 2.40. The van der Waals surface area contributed by atoms with Gasteiger partial charge in [0.15, 0.2) is 0 Å². The maximum Gasteiger partial charge on any atom is 0.218 e. The van der Waals surface area contributed by atoms with E-state index in [1.54, 1.807) is 12.3 Å². The van der Waals surface area contributed by atoms with E-state index < -0.39 is 0 Å². The van der Waals surface area contributed by atoms with Gasteiger partial charge in [-0.15, -0.1) is 0 Å². The zero-order valence-electron chi connectivity index (χ0n) is 11.7. The summed E-state index contributed by atoms with van der Waals surface area (Å²) in [4.78, 5) is 8.22. The van der Waals surface area contributed by atoms with E-state index in [0.29, 0.717) is 17.7 Å². The number of hydrogen-bond donors (Lipinski definition) is 1. The van der Waals surface area contributed by atoms with Gasteiger partial charge in [-0.05, 0) is 27.7 Å². The minimum absolute atomic E-state index is 0.0893. The first kappa shape index (κ1) is 13.3. The summed E-state index contributed by atoms with van der Waals surface area (Å²) < 4.78 is 7.41. The number of aromatic nitrogens is 4. The average Bonchev–Trinajstić information content (AvgIpc) is 2.77. The van der Waals surface area contributed by atoms with E-state index in [2.05, 4.69) is 34.2 Å². The molecule has 0 aliphatic rings. The van der Waals surface area contributed by atoms with Crippen LogP contribution in [0.15, 0.2) is 24.8 Å². The molecule has 0 aromatic carbocycles. The highest BCUT2D eigenvalue weighted by Gasteiger charge is 2.05. The quantitative estimate of drug-likeness (QED) is 0.896. The molecule has 0 amide bonds. The molecule has 0 saturated carbocycles. The average molecular weight is 261 g/mol. The maximum atomic E-state index is 5.52. The molecule has 102 valence electrons. The van der Waals surface area contributed by atoms with E-state index in [9.17, 15) is 0 Å². The fourth-order valence-electron chi connectivity index (χ4n) is 1.55. The zero-order chi connectivity index (χ0) is 13.8. The van der Waals surface area contributed by atoms with E-state index in [4.69, 9.17) is 4.74 Å². The van der Waals surface area contributed by atoms with Gasteiger partial charge in [-0.3, -0.25) is 4.68 Å². The molecule has 0 bridgehead atoms. The SMILES string of the molecule is CC(C)Oc1cc(Nc2cnn(C(C)C)c2)ncn1. The van der Waals surface area contributed by atoms with Crippen LogP contribution in [0.2, 0.25) is 0 Å². The highest BCUT2D eigenvalue weighted by Crippen LogP contribution is 2.18. The summed E-state index contributed by atoms with van der Waals surface area (Å²) in [5.41, 5.74) is 0.892. The van der Waals surface area contributed by atoms with Crippen LogP contribution in [0, 0.1) is 0 Å². The topological polar surface area (TPSA) is 64.9 Å². The monoisotopic (exact) mass is 261 g/mol. The van der Waals surface area contributed by atoms with Crippen molar-refractivity contribution in [1.82, 2.24) is 19.7 Å². The van der Waals surface area contributed by atoms with Crippen molar-refractivity contribution in [2.45, 2.75) is 39.8 Å². The van der Waals surface area contributed by atoms with E-state index in [-0.39, 0.29) is 6.10 Å². The van der Waals surface area contributed by atoms with E-state index >= 15 is 0 Å². The summed E-state index contributed by atoms with van der Waals surface area (Å²) in [5.74, 6) is 1.25. The molecule has 0 aliphatic heterocycles. The van der Waals surface area contributed by atoms with Crippen LogP contribution < -0.4 is 10.1 Å². The third kappa shape index (κ3) is 3.67. The number of hydrogen-bond acceptors (Lipinski definition) is 5. The lowest BCUT2D eigenvalue weighted by atomic mass is 10.4. The number of nitrogens with one attached hydrogen (secondary N) is 1. The molecule has 0 radical (unpaired) electrons. The van der Waals surface area contributed by atoms with Crippen LogP contribution in [0.4, 0.5) is 11.5 Å². The Morgan fingerprint density at radius 2 is 2.00 bits per heavy atom. The Bertz CT molecular complexity index is 535. The Balaban J connectivity index is 2.09. The molecule has 0 fully saturated rings. The molecule has 2 rings (SSSR count). The van der Waals surface area contributed by atoms with Gasteiger partial charge in [0.25, 0.3) is 0 Å². The Morgan fingerprint density at radius 3 is 2.63 bits per heavy atom. The van der Waals surface area contributed by atoms with Crippen LogP contribution in [0.25, 0.3) is 0 Å². The molecule has 6 heteroatoms. The third-order valence-corrected chi connectivity index (χ3v) is 2.40. The summed E-state index contributed by atoms with van der Waals surface area (Å²) in [6.07, 6.45) is 5.28. The van der Waals surface area contributed by atoms with Gasteiger partial charge in [0.05, 0.1) is 18.0 Å². The normalized spacial score (nSPS) is 11.1. The van der Waals surface area contributed by atoms with Gasteiger partial charge in [0.2, 0.25) is 5.88 Å². The Morgan fingerprint density at radius 1 is 1.21 bits per heavy atom. The second-order valence-corrected chi connectivity index (χ2v) is 4.84. The van der Waals surface area contributed by atoms with E-state index in [1.165, 1.54) is 6.33 Å². The Kier molecular flexibility index (Phi) is 3.99. The van der Waals surface area contributed by atoms with Gasteiger partial charge in [-0.25, -0.2) is 9.97 Å². The van der Waals surface area contributed by atoms with Gasteiger partial charge in [-0.2, -0.15) is 5.10 Å². The van der Waals surface area contributed by atoms with E-state index in [1.807, 2.05) is 24.7 Å². The number of rotatable bonds is 5. The fraction of sp³-hybridized carbons (Fsp3) is 0.462. The number of nitrogens with zero attached hydrogens (tertiary/aromatic N) is 4. The summed E-state index contributed by atoms with van der Waals surface area (Å²) in [6.45, 7) is 8.08. The first-order chi connectivity index (χ1) is 9.04. The first-order valence-corrected chi connectivity index (χ1v) is 6.34. The minimum Gasteiger partial charge on any atom is -0.475 e. The lowest BCUT2D eigenvalue weighted by Gasteiger charge is -2.09. The molecule has 2 heterocycles. The molecule has 0 atom stereocenters. The molecule has 2 aromatic heterocycles.